The number of rotatable bonds is 7. The van der Waals surface area contributed by atoms with Crippen LogP contribution in [0.4, 0.5) is 0 Å². The van der Waals surface area contributed by atoms with Gasteiger partial charge in [0, 0.05) is 31.5 Å². The molecule has 1 atom stereocenters. The molecule has 3 heterocycles. The van der Waals surface area contributed by atoms with Crippen molar-refractivity contribution in [3.8, 4) is 5.75 Å². The zero-order valence-corrected chi connectivity index (χ0v) is 20.2. The van der Waals surface area contributed by atoms with Crippen molar-refractivity contribution in [2.45, 2.75) is 38.3 Å². The first-order valence-electron chi connectivity index (χ1n) is 10.9. The average Bonchev–Trinajstić information content (AvgIpc) is 3.09. The summed E-state index contributed by atoms with van der Waals surface area (Å²) in [4.78, 5) is 21.8. The maximum Gasteiger partial charge on any atom is 0.229 e. The smallest absolute Gasteiger partial charge is 0.229 e. The number of carbonyl (C=O) groups is 1. The Labute approximate surface area is 203 Å². The lowest BCUT2D eigenvalue weighted by Crippen LogP contribution is -2.45. The highest BCUT2D eigenvalue weighted by Crippen LogP contribution is 2.42. The van der Waals surface area contributed by atoms with E-state index < -0.39 is 0 Å². The van der Waals surface area contributed by atoms with Crippen LogP contribution in [0.3, 0.4) is 0 Å². The molecule has 2 aliphatic rings. The van der Waals surface area contributed by atoms with Gasteiger partial charge in [0.05, 0.1) is 12.5 Å². The van der Waals surface area contributed by atoms with Gasteiger partial charge in [-0.2, -0.15) is 0 Å². The molecule has 2 aliphatic heterocycles. The topological polar surface area (TPSA) is 71.7 Å². The van der Waals surface area contributed by atoms with Gasteiger partial charge in [0.1, 0.15) is 5.75 Å². The quantitative estimate of drug-likeness (QED) is 0.651. The van der Waals surface area contributed by atoms with E-state index in [9.17, 15) is 4.79 Å². The highest BCUT2D eigenvalue weighted by atomic mass is 35.5. The summed E-state index contributed by atoms with van der Waals surface area (Å²) >= 11 is 0. The maximum atomic E-state index is 13.2. The second-order valence-corrected chi connectivity index (χ2v) is 8.63. The molecule has 0 radical (unpaired) electrons. The first-order valence-corrected chi connectivity index (χ1v) is 10.9. The summed E-state index contributed by atoms with van der Waals surface area (Å²) in [5, 5.41) is 0. The van der Waals surface area contributed by atoms with Crippen molar-refractivity contribution in [2.75, 3.05) is 33.3 Å². The Morgan fingerprint density at radius 2 is 1.88 bits per heavy atom. The van der Waals surface area contributed by atoms with E-state index in [-0.39, 0.29) is 36.3 Å². The SMILES string of the molecule is COc1cccc(C(N)CCN2CCC3(CC2)CCN(Cc2cccnc2)C3=O)c1.Cl.Cl. The second kappa shape index (κ2) is 11.8. The molecule has 0 aliphatic carbocycles. The Morgan fingerprint density at radius 1 is 1.12 bits per heavy atom. The van der Waals surface area contributed by atoms with Crippen LogP contribution >= 0.6 is 24.8 Å². The lowest BCUT2D eigenvalue weighted by molar-refractivity contribution is -0.138. The molecule has 2 N–H and O–H groups in total. The van der Waals surface area contributed by atoms with Crippen LogP contribution in [-0.4, -0.2) is 54.0 Å². The van der Waals surface area contributed by atoms with Gasteiger partial charge >= 0.3 is 0 Å². The van der Waals surface area contributed by atoms with Crippen LogP contribution in [0.15, 0.2) is 48.8 Å². The zero-order valence-electron chi connectivity index (χ0n) is 18.6. The summed E-state index contributed by atoms with van der Waals surface area (Å²) in [6.45, 7) is 4.43. The Morgan fingerprint density at radius 3 is 2.56 bits per heavy atom. The summed E-state index contributed by atoms with van der Waals surface area (Å²) in [5.74, 6) is 1.18. The van der Waals surface area contributed by atoms with Gasteiger partial charge in [-0.3, -0.25) is 9.78 Å². The van der Waals surface area contributed by atoms with Crippen LogP contribution in [0.2, 0.25) is 0 Å². The van der Waals surface area contributed by atoms with Gasteiger partial charge in [0.2, 0.25) is 5.91 Å². The minimum atomic E-state index is -0.159. The molecule has 1 aromatic heterocycles. The Balaban J connectivity index is 0.00000181. The molecule has 2 aromatic rings. The van der Waals surface area contributed by atoms with Gasteiger partial charge in [-0.1, -0.05) is 18.2 Å². The van der Waals surface area contributed by atoms with Crippen molar-refractivity contribution >= 4 is 30.7 Å². The van der Waals surface area contributed by atoms with Gasteiger partial charge in [-0.25, -0.2) is 0 Å². The molecule has 0 bridgehead atoms. The fourth-order valence-corrected chi connectivity index (χ4v) is 4.78. The van der Waals surface area contributed by atoms with E-state index in [2.05, 4.69) is 16.0 Å². The molecule has 8 heteroatoms. The van der Waals surface area contributed by atoms with Gasteiger partial charge in [0.15, 0.2) is 0 Å². The minimum absolute atomic E-state index is 0. The summed E-state index contributed by atoms with van der Waals surface area (Å²) in [6, 6.07) is 12.0. The predicted molar refractivity (Wildman–Crippen MR) is 131 cm³/mol. The molecular weight excluding hydrogens is 447 g/mol. The number of benzene rings is 1. The fraction of sp³-hybridized carbons (Fsp3) is 0.500. The summed E-state index contributed by atoms with van der Waals surface area (Å²) < 4.78 is 5.30. The Hall–Kier alpha value is -1.86. The number of ether oxygens (including phenoxy) is 1. The highest BCUT2D eigenvalue weighted by molar-refractivity contribution is 5.86. The van der Waals surface area contributed by atoms with Crippen LogP contribution in [0.25, 0.3) is 0 Å². The first-order chi connectivity index (χ1) is 14.6. The molecule has 1 aromatic carbocycles. The minimum Gasteiger partial charge on any atom is -0.497 e. The number of amides is 1. The van der Waals surface area contributed by atoms with E-state index in [0.717, 1.165) is 68.7 Å². The summed E-state index contributed by atoms with van der Waals surface area (Å²) in [6.07, 6.45) is 7.40. The number of carbonyl (C=O) groups excluding carboxylic acids is 1. The van der Waals surface area contributed by atoms with Crippen molar-refractivity contribution in [3.05, 3.63) is 59.9 Å². The van der Waals surface area contributed by atoms with E-state index in [1.807, 2.05) is 41.4 Å². The molecule has 1 amide bonds. The molecule has 4 rings (SSSR count). The fourth-order valence-electron chi connectivity index (χ4n) is 4.78. The maximum absolute atomic E-state index is 13.2. The van der Waals surface area contributed by atoms with Crippen LogP contribution < -0.4 is 10.5 Å². The number of likely N-dealkylation sites (tertiary alicyclic amines) is 2. The van der Waals surface area contributed by atoms with Crippen LogP contribution in [-0.2, 0) is 11.3 Å². The summed E-state index contributed by atoms with van der Waals surface area (Å²) in [7, 11) is 1.68. The third kappa shape index (κ3) is 5.93. The van der Waals surface area contributed by atoms with Crippen molar-refractivity contribution in [3.63, 3.8) is 0 Å². The average molecular weight is 481 g/mol. The largest absolute Gasteiger partial charge is 0.497 e. The molecule has 2 saturated heterocycles. The highest BCUT2D eigenvalue weighted by Gasteiger charge is 2.47. The second-order valence-electron chi connectivity index (χ2n) is 8.63. The van der Waals surface area contributed by atoms with Crippen LogP contribution in [0.1, 0.15) is 42.9 Å². The molecule has 1 spiro atoms. The van der Waals surface area contributed by atoms with Crippen molar-refractivity contribution in [2.24, 2.45) is 11.1 Å². The Bertz CT molecular complexity index is 860. The van der Waals surface area contributed by atoms with E-state index in [1.165, 1.54) is 0 Å². The molecule has 176 valence electrons. The van der Waals surface area contributed by atoms with Crippen LogP contribution in [0.5, 0.6) is 5.75 Å². The lowest BCUT2D eigenvalue weighted by Gasteiger charge is -2.38. The molecule has 0 saturated carbocycles. The molecule has 1 unspecified atom stereocenters. The standard InChI is InChI=1S/C24H32N4O2.2ClH/c1-30-21-6-2-5-20(16-21)22(25)7-12-27-13-8-24(9-14-27)10-15-28(23(24)29)18-19-4-3-11-26-17-19;;/h2-6,11,16-17,22H,7-10,12-15,18,25H2,1H3;2*1H. The third-order valence-corrected chi connectivity index (χ3v) is 6.79. The number of pyridine rings is 1. The number of methoxy groups -OCH3 is 1. The van der Waals surface area contributed by atoms with Crippen molar-refractivity contribution in [1.82, 2.24) is 14.8 Å². The number of nitrogens with two attached hydrogens (primary N) is 1. The molecule has 32 heavy (non-hydrogen) atoms. The van der Waals surface area contributed by atoms with E-state index >= 15 is 0 Å². The van der Waals surface area contributed by atoms with Gasteiger partial charge in [0.25, 0.3) is 0 Å². The van der Waals surface area contributed by atoms with Crippen molar-refractivity contribution in [1.29, 1.82) is 0 Å². The van der Waals surface area contributed by atoms with E-state index in [4.69, 9.17) is 10.5 Å². The monoisotopic (exact) mass is 480 g/mol. The number of hydrogen-bond donors (Lipinski definition) is 1. The van der Waals surface area contributed by atoms with Crippen molar-refractivity contribution < 1.29 is 9.53 Å². The number of halogens is 2. The third-order valence-electron chi connectivity index (χ3n) is 6.79. The van der Waals surface area contributed by atoms with E-state index in [1.54, 1.807) is 13.3 Å². The normalized spacial score (nSPS) is 18.7. The Kier molecular flexibility index (Phi) is 9.77. The van der Waals surface area contributed by atoms with Crippen LogP contribution in [0, 0.1) is 5.41 Å². The lowest BCUT2D eigenvalue weighted by atomic mass is 9.77. The number of aromatic nitrogens is 1. The van der Waals surface area contributed by atoms with Gasteiger partial charge in [-0.05, 0) is 74.6 Å². The van der Waals surface area contributed by atoms with E-state index in [0.29, 0.717) is 12.5 Å². The number of nitrogens with zero attached hydrogens (tertiary/aromatic N) is 3. The number of hydrogen-bond acceptors (Lipinski definition) is 5. The summed E-state index contributed by atoms with van der Waals surface area (Å²) in [5.41, 5.74) is 8.47. The molecule has 2 fully saturated rings. The first kappa shape index (κ1) is 26.4. The molecular formula is C24H34Cl2N4O2. The number of piperidine rings is 1. The van der Waals surface area contributed by atoms with Gasteiger partial charge in [-0.15, -0.1) is 24.8 Å². The van der Waals surface area contributed by atoms with Gasteiger partial charge < -0.3 is 20.3 Å². The predicted octanol–water partition coefficient (Wildman–Crippen LogP) is 3.84. The zero-order chi connectivity index (χ0) is 21.0. The molecule has 6 nitrogen and oxygen atoms in total.